The number of carbonyl (C=O) groups is 1. The van der Waals surface area contributed by atoms with E-state index in [0.29, 0.717) is 11.3 Å². The van der Waals surface area contributed by atoms with Gasteiger partial charge in [-0.25, -0.2) is 0 Å². The van der Waals surface area contributed by atoms with E-state index in [1.807, 2.05) is 42.5 Å². The minimum atomic E-state index is -1.39. The molecule has 18 heavy (non-hydrogen) atoms. The Hall–Kier alpha value is -1.58. The molecule has 1 heterocycles. The van der Waals surface area contributed by atoms with Gasteiger partial charge in [0.1, 0.15) is 0 Å². The largest absolute Gasteiger partial charge is 0.376 e. The third kappa shape index (κ3) is 1.67. The van der Waals surface area contributed by atoms with Gasteiger partial charge in [0.25, 0.3) is 0 Å². The Morgan fingerprint density at radius 3 is 2.50 bits per heavy atom. The second-order valence-electron chi connectivity index (χ2n) is 4.34. The maximum absolute atomic E-state index is 12.5. The van der Waals surface area contributed by atoms with Crippen LogP contribution < -0.4 is 0 Å². The van der Waals surface area contributed by atoms with Gasteiger partial charge < -0.3 is 5.11 Å². The molecule has 1 unspecified atom stereocenters. The highest BCUT2D eigenvalue weighted by Gasteiger charge is 2.44. The summed E-state index contributed by atoms with van der Waals surface area (Å²) in [5, 5.41) is 10.7. The van der Waals surface area contributed by atoms with Gasteiger partial charge in [-0.2, -0.15) is 0 Å². The number of hydrogen-bond donors (Lipinski definition) is 1. The summed E-state index contributed by atoms with van der Waals surface area (Å²) < 4.78 is 0. The number of rotatable bonds is 2. The lowest BCUT2D eigenvalue weighted by molar-refractivity contribution is 0.0420. The van der Waals surface area contributed by atoms with Crippen molar-refractivity contribution in [2.75, 3.05) is 5.75 Å². The molecule has 0 aromatic heterocycles. The number of carbonyl (C=O) groups excluding carboxylic acids is 1. The molecule has 90 valence electrons. The number of benzene rings is 2. The van der Waals surface area contributed by atoms with Crippen molar-refractivity contribution in [3.05, 3.63) is 65.7 Å². The van der Waals surface area contributed by atoms with Gasteiger partial charge in [0.05, 0.1) is 0 Å². The summed E-state index contributed by atoms with van der Waals surface area (Å²) in [5.41, 5.74) is -0.107. The van der Waals surface area contributed by atoms with Gasteiger partial charge in [0, 0.05) is 21.8 Å². The molecule has 0 radical (unpaired) electrons. The molecule has 1 aliphatic rings. The highest BCUT2D eigenvalue weighted by Crippen LogP contribution is 2.43. The van der Waals surface area contributed by atoms with Crippen molar-refractivity contribution in [1.82, 2.24) is 0 Å². The zero-order chi connectivity index (χ0) is 12.6. The number of thioether (sulfide) groups is 1. The highest BCUT2D eigenvalue weighted by molar-refractivity contribution is 7.99. The van der Waals surface area contributed by atoms with Crippen LogP contribution in [0, 0.1) is 0 Å². The first-order chi connectivity index (χ1) is 8.72. The molecule has 3 heteroatoms. The molecule has 0 fully saturated rings. The fourth-order valence-corrected chi connectivity index (χ4v) is 3.43. The lowest BCUT2D eigenvalue weighted by atomic mass is 9.88. The Morgan fingerprint density at radius 2 is 1.72 bits per heavy atom. The summed E-state index contributed by atoms with van der Waals surface area (Å²) in [6.45, 7) is 0. The Labute approximate surface area is 110 Å². The van der Waals surface area contributed by atoms with E-state index in [0.717, 1.165) is 10.5 Å². The average molecular weight is 256 g/mol. The van der Waals surface area contributed by atoms with Crippen molar-refractivity contribution in [1.29, 1.82) is 0 Å². The Bertz CT molecular complexity index is 594. The summed E-state index contributed by atoms with van der Waals surface area (Å²) in [6.07, 6.45) is 0. The minimum absolute atomic E-state index is 0.222. The number of ketones is 1. The van der Waals surface area contributed by atoms with Crippen molar-refractivity contribution < 1.29 is 9.90 Å². The molecule has 1 N–H and O–H groups in total. The predicted molar refractivity (Wildman–Crippen MR) is 71.8 cm³/mol. The van der Waals surface area contributed by atoms with Crippen molar-refractivity contribution in [3.8, 4) is 0 Å². The second-order valence-corrected chi connectivity index (χ2v) is 5.36. The van der Waals surface area contributed by atoms with Crippen molar-refractivity contribution in [3.63, 3.8) is 0 Å². The first-order valence-electron chi connectivity index (χ1n) is 5.76. The molecule has 0 aliphatic carbocycles. The normalized spacial score (nSPS) is 21.6. The summed E-state index contributed by atoms with van der Waals surface area (Å²) in [7, 11) is 0. The molecule has 0 saturated heterocycles. The van der Waals surface area contributed by atoms with Crippen LogP contribution in [0.4, 0.5) is 0 Å². The predicted octanol–water partition coefficient (Wildman–Crippen LogP) is 2.86. The molecule has 1 atom stereocenters. The van der Waals surface area contributed by atoms with Gasteiger partial charge in [-0.3, -0.25) is 4.79 Å². The third-order valence-corrected chi connectivity index (χ3v) is 4.41. The number of aliphatic hydroxyl groups is 1. The van der Waals surface area contributed by atoms with Crippen LogP contribution in [0.25, 0.3) is 0 Å². The molecule has 2 aromatic rings. The van der Waals surface area contributed by atoms with Gasteiger partial charge in [-0.1, -0.05) is 48.5 Å². The third-order valence-electron chi connectivity index (χ3n) is 3.18. The van der Waals surface area contributed by atoms with Crippen LogP contribution in [0.3, 0.4) is 0 Å². The van der Waals surface area contributed by atoms with E-state index in [1.165, 1.54) is 11.8 Å². The van der Waals surface area contributed by atoms with Crippen LogP contribution in [0.1, 0.15) is 15.9 Å². The SMILES string of the molecule is O=C(c1ccccc1)C1(O)CSc2ccccc21. The molecule has 1 aliphatic heterocycles. The van der Waals surface area contributed by atoms with Crippen LogP contribution in [-0.4, -0.2) is 16.6 Å². The number of fused-ring (bicyclic) bond motifs is 1. The van der Waals surface area contributed by atoms with Crippen molar-refractivity contribution in [2.24, 2.45) is 0 Å². The standard InChI is InChI=1S/C15H12O2S/c16-14(11-6-2-1-3-7-11)15(17)10-18-13-9-5-4-8-12(13)15/h1-9,17H,10H2. The lowest BCUT2D eigenvalue weighted by Gasteiger charge is -2.21. The molecule has 0 spiro atoms. The molecule has 3 rings (SSSR count). The average Bonchev–Trinajstić information content (AvgIpc) is 2.78. The summed E-state index contributed by atoms with van der Waals surface area (Å²) in [4.78, 5) is 13.5. The molecule has 0 saturated carbocycles. The van der Waals surface area contributed by atoms with Crippen LogP contribution in [0.15, 0.2) is 59.5 Å². The van der Waals surface area contributed by atoms with Crippen LogP contribution in [-0.2, 0) is 5.60 Å². The molecule has 0 amide bonds. The minimum Gasteiger partial charge on any atom is -0.376 e. The highest BCUT2D eigenvalue weighted by atomic mass is 32.2. The zero-order valence-electron chi connectivity index (χ0n) is 9.67. The van der Waals surface area contributed by atoms with Gasteiger partial charge >= 0.3 is 0 Å². The monoisotopic (exact) mass is 256 g/mol. The van der Waals surface area contributed by atoms with E-state index in [9.17, 15) is 9.90 Å². The summed E-state index contributed by atoms with van der Waals surface area (Å²) >= 11 is 1.53. The van der Waals surface area contributed by atoms with E-state index >= 15 is 0 Å². The van der Waals surface area contributed by atoms with E-state index < -0.39 is 5.60 Å². The number of hydrogen-bond acceptors (Lipinski definition) is 3. The van der Waals surface area contributed by atoms with E-state index in [2.05, 4.69) is 0 Å². The van der Waals surface area contributed by atoms with Crippen LogP contribution in [0.2, 0.25) is 0 Å². The van der Waals surface area contributed by atoms with E-state index in [1.54, 1.807) is 12.1 Å². The molecule has 0 bridgehead atoms. The summed E-state index contributed by atoms with van der Waals surface area (Å²) in [5.74, 6) is 0.167. The molecule has 2 aromatic carbocycles. The first kappa shape index (κ1) is 11.5. The van der Waals surface area contributed by atoms with Crippen LogP contribution >= 0.6 is 11.8 Å². The van der Waals surface area contributed by atoms with Crippen molar-refractivity contribution >= 4 is 17.5 Å². The fraction of sp³-hybridized carbons (Fsp3) is 0.133. The molecular formula is C15H12O2S. The maximum Gasteiger partial charge on any atom is 0.199 e. The quantitative estimate of drug-likeness (QED) is 0.839. The Kier molecular flexibility index (Phi) is 2.73. The smallest absolute Gasteiger partial charge is 0.199 e. The first-order valence-corrected chi connectivity index (χ1v) is 6.75. The van der Waals surface area contributed by atoms with Gasteiger partial charge in [-0.15, -0.1) is 11.8 Å². The summed E-state index contributed by atoms with van der Waals surface area (Å²) in [6, 6.07) is 16.5. The topological polar surface area (TPSA) is 37.3 Å². The molecule has 2 nitrogen and oxygen atoms in total. The van der Waals surface area contributed by atoms with Crippen LogP contribution in [0.5, 0.6) is 0 Å². The Balaban J connectivity index is 2.05. The van der Waals surface area contributed by atoms with E-state index in [4.69, 9.17) is 0 Å². The fourth-order valence-electron chi connectivity index (χ4n) is 2.21. The van der Waals surface area contributed by atoms with Gasteiger partial charge in [-0.05, 0) is 6.07 Å². The zero-order valence-corrected chi connectivity index (χ0v) is 10.5. The number of Topliss-reactive ketones (excluding diaryl/α,β-unsaturated/α-hetero) is 1. The van der Waals surface area contributed by atoms with Crippen molar-refractivity contribution in [2.45, 2.75) is 10.5 Å². The second kappa shape index (κ2) is 4.26. The lowest BCUT2D eigenvalue weighted by Crippen LogP contribution is -2.35. The van der Waals surface area contributed by atoms with Gasteiger partial charge in [0.15, 0.2) is 11.4 Å². The molecular weight excluding hydrogens is 244 g/mol. The van der Waals surface area contributed by atoms with E-state index in [-0.39, 0.29) is 5.78 Å². The van der Waals surface area contributed by atoms with Gasteiger partial charge in [0.2, 0.25) is 0 Å². The maximum atomic E-state index is 12.5. The Morgan fingerprint density at radius 1 is 1.06 bits per heavy atom.